The van der Waals surface area contributed by atoms with E-state index in [2.05, 4.69) is 0 Å². The van der Waals surface area contributed by atoms with Gasteiger partial charge in [-0.05, 0) is 6.07 Å². The van der Waals surface area contributed by atoms with Gasteiger partial charge in [-0.25, -0.2) is 8.78 Å². The molecule has 1 atom stereocenters. The number of hydrogen-bond acceptors (Lipinski definition) is 3. The number of halogens is 2. The summed E-state index contributed by atoms with van der Waals surface area (Å²) in [5, 5.41) is 0. The smallest absolute Gasteiger partial charge is 0.229 e. The number of carbonyl (C=O) groups is 2. The molecule has 2 rings (SSSR count). The van der Waals surface area contributed by atoms with E-state index in [9.17, 15) is 18.4 Å². The fraction of sp³-hybridized carbons (Fsp3) is 0.333. The standard InChI is InChI=1S/C12H12F2N2O2/c13-8-3-1-2-7(12(8)14)9(15)6-16-10(17)4-5-11(16)18/h1-3,9H,4-6,15H2. The predicted molar refractivity (Wildman–Crippen MR) is 59.2 cm³/mol. The second kappa shape index (κ2) is 4.81. The highest BCUT2D eigenvalue weighted by atomic mass is 19.2. The SMILES string of the molecule is NC(CN1C(=O)CCC1=O)c1cccc(F)c1F. The first-order valence-electron chi connectivity index (χ1n) is 5.53. The molecule has 2 amide bonds. The second-order valence-corrected chi connectivity index (χ2v) is 4.15. The molecule has 0 spiro atoms. The molecule has 0 aromatic heterocycles. The molecule has 1 aliphatic rings. The highest BCUT2D eigenvalue weighted by Gasteiger charge is 2.31. The lowest BCUT2D eigenvalue weighted by Gasteiger charge is -2.19. The Kier molecular flexibility index (Phi) is 3.38. The number of likely N-dealkylation sites (tertiary alicyclic amines) is 1. The van der Waals surface area contributed by atoms with Gasteiger partial charge in [0.1, 0.15) is 0 Å². The van der Waals surface area contributed by atoms with Crippen LogP contribution >= 0.6 is 0 Å². The number of benzene rings is 1. The molecule has 0 saturated carbocycles. The Morgan fingerprint density at radius 2 is 1.83 bits per heavy atom. The summed E-state index contributed by atoms with van der Waals surface area (Å²) in [5.41, 5.74) is 5.68. The van der Waals surface area contributed by atoms with Gasteiger partial charge in [0.2, 0.25) is 11.8 Å². The van der Waals surface area contributed by atoms with Crippen molar-refractivity contribution < 1.29 is 18.4 Å². The second-order valence-electron chi connectivity index (χ2n) is 4.15. The molecule has 2 N–H and O–H groups in total. The predicted octanol–water partition coefficient (Wildman–Crippen LogP) is 1.11. The monoisotopic (exact) mass is 254 g/mol. The molecular formula is C12H12F2N2O2. The zero-order valence-electron chi connectivity index (χ0n) is 9.53. The molecule has 1 heterocycles. The van der Waals surface area contributed by atoms with E-state index in [1.807, 2.05) is 0 Å². The van der Waals surface area contributed by atoms with Gasteiger partial charge in [-0.15, -0.1) is 0 Å². The van der Waals surface area contributed by atoms with E-state index < -0.39 is 17.7 Å². The van der Waals surface area contributed by atoms with Gasteiger partial charge in [0.25, 0.3) is 0 Å². The van der Waals surface area contributed by atoms with Crippen molar-refractivity contribution in [2.75, 3.05) is 6.54 Å². The van der Waals surface area contributed by atoms with Crippen LogP contribution < -0.4 is 5.73 Å². The third kappa shape index (κ3) is 2.24. The van der Waals surface area contributed by atoms with Gasteiger partial charge in [-0.2, -0.15) is 0 Å². The summed E-state index contributed by atoms with van der Waals surface area (Å²) in [4.78, 5) is 23.8. The van der Waals surface area contributed by atoms with Gasteiger partial charge in [-0.3, -0.25) is 14.5 Å². The van der Waals surface area contributed by atoms with E-state index in [4.69, 9.17) is 5.73 Å². The number of amides is 2. The fourth-order valence-corrected chi connectivity index (χ4v) is 1.93. The maximum absolute atomic E-state index is 13.5. The molecule has 96 valence electrons. The molecule has 6 heteroatoms. The molecule has 0 bridgehead atoms. The van der Waals surface area contributed by atoms with Crippen LogP contribution in [-0.4, -0.2) is 23.3 Å². The lowest BCUT2D eigenvalue weighted by atomic mass is 10.1. The number of nitrogens with zero attached hydrogens (tertiary/aromatic N) is 1. The van der Waals surface area contributed by atoms with Crippen LogP contribution in [0.3, 0.4) is 0 Å². The van der Waals surface area contributed by atoms with Gasteiger partial charge < -0.3 is 5.73 Å². The van der Waals surface area contributed by atoms with Crippen LogP contribution in [0, 0.1) is 11.6 Å². The van der Waals surface area contributed by atoms with E-state index in [-0.39, 0.29) is 36.8 Å². The van der Waals surface area contributed by atoms with Crippen molar-refractivity contribution >= 4 is 11.8 Å². The lowest BCUT2D eigenvalue weighted by molar-refractivity contribution is -0.138. The van der Waals surface area contributed by atoms with Crippen LogP contribution in [0.4, 0.5) is 8.78 Å². The number of carbonyl (C=O) groups excluding carboxylic acids is 2. The van der Waals surface area contributed by atoms with Crippen molar-refractivity contribution in [1.82, 2.24) is 4.90 Å². The van der Waals surface area contributed by atoms with E-state index >= 15 is 0 Å². The first-order valence-corrected chi connectivity index (χ1v) is 5.53. The summed E-state index contributed by atoms with van der Waals surface area (Å²) in [5.74, 6) is -2.69. The third-order valence-corrected chi connectivity index (χ3v) is 2.92. The summed E-state index contributed by atoms with van der Waals surface area (Å²) >= 11 is 0. The number of nitrogens with two attached hydrogens (primary N) is 1. The first-order chi connectivity index (χ1) is 8.50. The van der Waals surface area contributed by atoms with Crippen molar-refractivity contribution in [1.29, 1.82) is 0 Å². The minimum Gasteiger partial charge on any atom is -0.322 e. The fourth-order valence-electron chi connectivity index (χ4n) is 1.93. The Morgan fingerprint density at radius 1 is 1.22 bits per heavy atom. The van der Waals surface area contributed by atoms with Crippen molar-refractivity contribution in [3.8, 4) is 0 Å². The molecule has 0 radical (unpaired) electrons. The Balaban J connectivity index is 2.17. The quantitative estimate of drug-likeness (QED) is 0.822. The first kappa shape index (κ1) is 12.6. The van der Waals surface area contributed by atoms with Crippen LogP contribution in [0.15, 0.2) is 18.2 Å². The van der Waals surface area contributed by atoms with Crippen LogP contribution in [-0.2, 0) is 9.59 Å². The average Bonchev–Trinajstić information content (AvgIpc) is 2.64. The van der Waals surface area contributed by atoms with Gasteiger partial charge in [0, 0.05) is 24.9 Å². The third-order valence-electron chi connectivity index (χ3n) is 2.92. The Morgan fingerprint density at radius 3 is 2.44 bits per heavy atom. The normalized spacial score (nSPS) is 17.4. The highest BCUT2D eigenvalue weighted by Crippen LogP contribution is 2.21. The van der Waals surface area contributed by atoms with Crippen molar-refractivity contribution in [3.05, 3.63) is 35.4 Å². The molecule has 0 aliphatic carbocycles. The van der Waals surface area contributed by atoms with E-state index in [1.165, 1.54) is 12.1 Å². The number of imide groups is 1. The molecule has 4 nitrogen and oxygen atoms in total. The Labute approximate surface area is 102 Å². The number of rotatable bonds is 3. The van der Waals surface area contributed by atoms with E-state index in [0.29, 0.717) is 0 Å². The molecule has 1 aromatic carbocycles. The number of hydrogen-bond donors (Lipinski definition) is 1. The molecule has 1 fully saturated rings. The van der Waals surface area contributed by atoms with Crippen LogP contribution in [0.1, 0.15) is 24.4 Å². The van der Waals surface area contributed by atoms with Crippen molar-refractivity contribution in [3.63, 3.8) is 0 Å². The van der Waals surface area contributed by atoms with Crippen LogP contribution in [0.2, 0.25) is 0 Å². The van der Waals surface area contributed by atoms with Gasteiger partial charge in [0.15, 0.2) is 11.6 Å². The zero-order valence-corrected chi connectivity index (χ0v) is 9.53. The van der Waals surface area contributed by atoms with Crippen molar-refractivity contribution in [2.24, 2.45) is 5.73 Å². The van der Waals surface area contributed by atoms with Crippen LogP contribution in [0.5, 0.6) is 0 Å². The largest absolute Gasteiger partial charge is 0.322 e. The van der Waals surface area contributed by atoms with Crippen LogP contribution in [0.25, 0.3) is 0 Å². The summed E-state index contributed by atoms with van der Waals surface area (Å²) in [7, 11) is 0. The molecule has 1 unspecified atom stereocenters. The molecule has 1 saturated heterocycles. The maximum Gasteiger partial charge on any atom is 0.229 e. The zero-order chi connectivity index (χ0) is 13.3. The molecule has 18 heavy (non-hydrogen) atoms. The maximum atomic E-state index is 13.5. The van der Waals surface area contributed by atoms with E-state index in [0.717, 1.165) is 11.0 Å². The summed E-state index contributed by atoms with van der Waals surface area (Å²) in [6.45, 7) is -0.127. The minimum atomic E-state index is -1.04. The van der Waals surface area contributed by atoms with Gasteiger partial charge in [-0.1, -0.05) is 12.1 Å². The molecule has 1 aliphatic heterocycles. The summed E-state index contributed by atoms with van der Waals surface area (Å²) in [6.07, 6.45) is 0.300. The average molecular weight is 254 g/mol. The topological polar surface area (TPSA) is 63.4 Å². The Hall–Kier alpha value is -1.82. The summed E-state index contributed by atoms with van der Waals surface area (Å²) < 4.78 is 26.5. The van der Waals surface area contributed by atoms with Gasteiger partial charge >= 0.3 is 0 Å². The summed E-state index contributed by atoms with van der Waals surface area (Å²) in [6, 6.07) is 2.74. The van der Waals surface area contributed by atoms with E-state index in [1.54, 1.807) is 0 Å². The Bertz CT molecular complexity index is 489. The minimum absolute atomic E-state index is 0.0394. The lowest BCUT2D eigenvalue weighted by Crippen LogP contribution is -2.36. The van der Waals surface area contributed by atoms with Gasteiger partial charge in [0.05, 0.1) is 6.04 Å². The highest BCUT2D eigenvalue weighted by molar-refractivity contribution is 6.01. The molecular weight excluding hydrogens is 242 g/mol. The molecule has 1 aromatic rings. The van der Waals surface area contributed by atoms with Crippen molar-refractivity contribution in [2.45, 2.75) is 18.9 Å².